The standard InChI is InChI=1S/C15H18N4O2.ClH/c1-10(17-14(20)12-8-5-9-16-12)13-18-15(21-19-13)11-6-3-2-4-7-11;/h2-4,6-7,10,12,16H,5,8-9H2,1H3,(H,17,20);1H. The quantitative estimate of drug-likeness (QED) is 0.901. The first-order valence-electron chi connectivity index (χ1n) is 7.17. The Hall–Kier alpha value is -1.92. The minimum absolute atomic E-state index is 0. The molecule has 6 nitrogen and oxygen atoms in total. The van der Waals surface area contributed by atoms with E-state index in [0.29, 0.717) is 11.7 Å². The van der Waals surface area contributed by atoms with E-state index in [-0.39, 0.29) is 30.4 Å². The highest BCUT2D eigenvalue weighted by Crippen LogP contribution is 2.19. The molecule has 0 spiro atoms. The fourth-order valence-corrected chi connectivity index (χ4v) is 2.40. The average Bonchev–Trinajstić information content (AvgIpc) is 3.20. The molecule has 2 N–H and O–H groups in total. The average molecular weight is 323 g/mol. The number of benzene rings is 1. The second kappa shape index (κ2) is 7.38. The lowest BCUT2D eigenvalue weighted by molar-refractivity contribution is -0.123. The smallest absolute Gasteiger partial charge is 0.257 e. The van der Waals surface area contributed by atoms with Crippen molar-refractivity contribution in [1.29, 1.82) is 0 Å². The molecule has 0 saturated carbocycles. The van der Waals surface area contributed by atoms with Crippen LogP contribution in [0.15, 0.2) is 34.9 Å². The lowest BCUT2D eigenvalue weighted by atomic mass is 10.2. The third kappa shape index (κ3) is 3.64. The van der Waals surface area contributed by atoms with E-state index in [0.717, 1.165) is 24.9 Å². The van der Waals surface area contributed by atoms with E-state index in [1.54, 1.807) is 0 Å². The molecule has 3 rings (SSSR count). The number of hydrogen-bond acceptors (Lipinski definition) is 5. The van der Waals surface area contributed by atoms with Gasteiger partial charge >= 0.3 is 0 Å². The Balaban J connectivity index is 0.00000176. The van der Waals surface area contributed by atoms with Crippen LogP contribution in [0.1, 0.15) is 31.6 Å². The third-order valence-corrected chi connectivity index (χ3v) is 3.59. The highest BCUT2D eigenvalue weighted by atomic mass is 35.5. The van der Waals surface area contributed by atoms with Crippen molar-refractivity contribution in [3.63, 3.8) is 0 Å². The Bertz CT molecular complexity index is 611. The highest BCUT2D eigenvalue weighted by molar-refractivity contribution is 5.85. The monoisotopic (exact) mass is 322 g/mol. The van der Waals surface area contributed by atoms with Crippen molar-refractivity contribution in [2.45, 2.75) is 31.8 Å². The van der Waals surface area contributed by atoms with E-state index in [1.807, 2.05) is 37.3 Å². The van der Waals surface area contributed by atoms with Crippen LogP contribution in [0, 0.1) is 0 Å². The molecule has 1 amide bonds. The topological polar surface area (TPSA) is 80.0 Å². The minimum Gasteiger partial charge on any atom is -0.345 e. The number of hydrogen-bond donors (Lipinski definition) is 2. The van der Waals surface area contributed by atoms with Gasteiger partial charge in [0.15, 0.2) is 5.82 Å². The first kappa shape index (κ1) is 16.5. The molecule has 2 unspecified atom stereocenters. The molecule has 2 atom stereocenters. The Morgan fingerprint density at radius 1 is 1.41 bits per heavy atom. The lowest BCUT2D eigenvalue weighted by Gasteiger charge is -2.14. The van der Waals surface area contributed by atoms with Gasteiger partial charge in [0.05, 0.1) is 12.1 Å². The first-order valence-corrected chi connectivity index (χ1v) is 7.17. The van der Waals surface area contributed by atoms with Gasteiger partial charge < -0.3 is 15.2 Å². The molecule has 2 aromatic rings. The molecule has 1 aliphatic heterocycles. The van der Waals surface area contributed by atoms with Gasteiger partial charge in [0.25, 0.3) is 5.89 Å². The summed E-state index contributed by atoms with van der Waals surface area (Å²) >= 11 is 0. The lowest BCUT2D eigenvalue weighted by Crippen LogP contribution is -2.41. The molecule has 118 valence electrons. The van der Waals surface area contributed by atoms with Crippen LogP contribution in [-0.2, 0) is 4.79 Å². The van der Waals surface area contributed by atoms with Crippen molar-refractivity contribution in [2.75, 3.05) is 6.54 Å². The van der Waals surface area contributed by atoms with Crippen LogP contribution in [0.4, 0.5) is 0 Å². The predicted molar refractivity (Wildman–Crippen MR) is 84.6 cm³/mol. The summed E-state index contributed by atoms with van der Waals surface area (Å²) in [6.45, 7) is 2.75. The van der Waals surface area contributed by atoms with Crippen LogP contribution < -0.4 is 10.6 Å². The number of amides is 1. The SMILES string of the molecule is CC(NC(=O)C1CCCN1)c1noc(-c2ccccc2)n1.Cl. The Morgan fingerprint density at radius 2 is 2.18 bits per heavy atom. The number of nitrogens with one attached hydrogen (secondary N) is 2. The van der Waals surface area contributed by atoms with E-state index in [9.17, 15) is 4.79 Å². The fourth-order valence-electron chi connectivity index (χ4n) is 2.40. The molecule has 0 aliphatic carbocycles. The van der Waals surface area contributed by atoms with E-state index >= 15 is 0 Å². The Labute approximate surface area is 135 Å². The summed E-state index contributed by atoms with van der Waals surface area (Å²) in [4.78, 5) is 16.4. The van der Waals surface area contributed by atoms with Crippen LogP contribution in [0.3, 0.4) is 0 Å². The van der Waals surface area contributed by atoms with Crippen molar-refractivity contribution in [1.82, 2.24) is 20.8 Å². The molecule has 1 saturated heterocycles. The zero-order chi connectivity index (χ0) is 14.7. The van der Waals surface area contributed by atoms with Crippen molar-refractivity contribution in [3.05, 3.63) is 36.2 Å². The van der Waals surface area contributed by atoms with Crippen molar-refractivity contribution >= 4 is 18.3 Å². The Morgan fingerprint density at radius 3 is 2.86 bits per heavy atom. The zero-order valence-electron chi connectivity index (χ0n) is 12.3. The Kier molecular flexibility index (Phi) is 5.51. The van der Waals surface area contributed by atoms with Crippen LogP contribution in [-0.4, -0.2) is 28.6 Å². The summed E-state index contributed by atoms with van der Waals surface area (Å²) in [6, 6.07) is 9.19. The van der Waals surface area contributed by atoms with Gasteiger partial charge in [-0.15, -0.1) is 12.4 Å². The van der Waals surface area contributed by atoms with Crippen LogP contribution in [0.25, 0.3) is 11.5 Å². The molecule has 22 heavy (non-hydrogen) atoms. The largest absolute Gasteiger partial charge is 0.345 e. The number of rotatable bonds is 4. The normalized spacial score (nSPS) is 18.5. The van der Waals surface area contributed by atoms with Gasteiger partial charge in [0.2, 0.25) is 5.91 Å². The number of aromatic nitrogens is 2. The summed E-state index contributed by atoms with van der Waals surface area (Å²) in [6.07, 6.45) is 1.91. The number of halogens is 1. The molecular formula is C15H19ClN4O2. The molecule has 1 aromatic carbocycles. The molecule has 2 heterocycles. The maximum Gasteiger partial charge on any atom is 0.257 e. The highest BCUT2D eigenvalue weighted by Gasteiger charge is 2.25. The van der Waals surface area contributed by atoms with E-state index in [4.69, 9.17) is 4.52 Å². The fraction of sp³-hybridized carbons (Fsp3) is 0.400. The van der Waals surface area contributed by atoms with Gasteiger partial charge in [0.1, 0.15) is 0 Å². The zero-order valence-corrected chi connectivity index (χ0v) is 13.1. The number of carbonyl (C=O) groups excluding carboxylic acids is 1. The molecule has 7 heteroatoms. The molecule has 0 radical (unpaired) electrons. The molecule has 0 bridgehead atoms. The maximum absolute atomic E-state index is 12.0. The van der Waals surface area contributed by atoms with Gasteiger partial charge in [0, 0.05) is 5.56 Å². The second-order valence-corrected chi connectivity index (χ2v) is 5.20. The summed E-state index contributed by atoms with van der Waals surface area (Å²) in [5.74, 6) is 0.942. The van der Waals surface area contributed by atoms with Gasteiger partial charge in [-0.05, 0) is 38.4 Å². The second-order valence-electron chi connectivity index (χ2n) is 5.20. The van der Waals surface area contributed by atoms with Crippen molar-refractivity contribution in [2.24, 2.45) is 0 Å². The van der Waals surface area contributed by atoms with Gasteiger partial charge in [-0.25, -0.2) is 0 Å². The van der Waals surface area contributed by atoms with Gasteiger partial charge in [-0.1, -0.05) is 23.4 Å². The first-order chi connectivity index (χ1) is 10.2. The van der Waals surface area contributed by atoms with E-state index < -0.39 is 0 Å². The van der Waals surface area contributed by atoms with Crippen LogP contribution >= 0.6 is 12.4 Å². The predicted octanol–water partition coefficient (Wildman–Crippen LogP) is 2.09. The maximum atomic E-state index is 12.0. The summed E-state index contributed by atoms with van der Waals surface area (Å²) in [5, 5.41) is 10.0. The third-order valence-electron chi connectivity index (χ3n) is 3.59. The molecule has 1 aliphatic rings. The van der Waals surface area contributed by atoms with Crippen molar-refractivity contribution in [3.8, 4) is 11.5 Å². The van der Waals surface area contributed by atoms with Crippen LogP contribution in [0.2, 0.25) is 0 Å². The molecule has 1 fully saturated rings. The molecular weight excluding hydrogens is 304 g/mol. The minimum atomic E-state index is -0.277. The van der Waals surface area contributed by atoms with Crippen molar-refractivity contribution < 1.29 is 9.32 Å². The molecule has 1 aromatic heterocycles. The van der Waals surface area contributed by atoms with E-state index in [2.05, 4.69) is 20.8 Å². The number of nitrogens with zero attached hydrogens (tertiary/aromatic N) is 2. The summed E-state index contributed by atoms with van der Waals surface area (Å²) in [7, 11) is 0. The van der Waals surface area contributed by atoms with Crippen LogP contribution in [0.5, 0.6) is 0 Å². The van der Waals surface area contributed by atoms with E-state index in [1.165, 1.54) is 0 Å². The summed E-state index contributed by atoms with van der Waals surface area (Å²) in [5.41, 5.74) is 0.868. The van der Waals surface area contributed by atoms with Gasteiger partial charge in [-0.3, -0.25) is 4.79 Å². The number of carbonyl (C=O) groups is 1. The van der Waals surface area contributed by atoms with Gasteiger partial charge in [-0.2, -0.15) is 4.98 Å². The summed E-state index contributed by atoms with van der Waals surface area (Å²) < 4.78 is 5.25.